The average molecular weight is 1100 g/mol. The second-order valence-electron chi connectivity index (χ2n) is 11.5. The number of carbonyl (C=O) groups is 9. The van der Waals surface area contributed by atoms with Crippen LogP contribution < -0.4 is 28.8 Å². The monoisotopic (exact) mass is 1100 g/mol. The summed E-state index contributed by atoms with van der Waals surface area (Å²) in [6.45, 7) is 6.39. The van der Waals surface area contributed by atoms with E-state index in [1.165, 1.54) is 17.5 Å². The summed E-state index contributed by atoms with van der Waals surface area (Å²) in [5.41, 5.74) is 0. The third kappa shape index (κ3) is 50.2. The van der Waals surface area contributed by atoms with Gasteiger partial charge in [0.05, 0.1) is 21.1 Å². The van der Waals surface area contributed by atoms with Crippen LogP contribution in [0.25, 0.3) is 0 Å². The largest absolute Gasteiger partial charge is 0.907 e. The minimum absolute atomic E-state index is 1.07. The molecular formula is C33H45BF12N6O21. The Bertz CT molecular complexity index is 1830. The first-order valence-electron chi connectivity index (χ1n) is 18.0. The van der Waals surface area contributed by atoms with Gasteiger partial charge in [-0.3, -0.25) is 7.32 Å². The van der Waals surface area contributed by atoms with E-state index in [0.29, 0.717) is 0 Å². The number of aromatic amines is 3. The lowest BCUT2D eigenvalue weighted by atomic mass is 10.3. The second-order valence-corrected chi connectivity index (χ2v) is 11.5. The van der Waals surface area contributed by atoms with E-state index in [4.69, 9.17) is 89.8 Å². The molecule has 12 N–H and O–H groups in total. The Morgan fingerprint density at radius 3 is 0.603 bits per heavy atom. The van der Waals surface area contributed by atoms with Crippen molar-refractivity contribution in [3.8, 4) is 0 Å². The van der Waals surface area contributed by atoms with Gasteiger partial charge in [-0.15, -0.1) is 0 Å². The van der Waals surface area contributed by atoms with Crippen molar-refractivity contribution in [3.05, 3.63) is 54.7 Å². The molecule has 3 unspecified atom stereocenters. The van der Waals surface area contributed by atoms with E-state index in [-0.39, 0.29) is 0 Å². The Hall–Kier alpha value is -8.04. The van der Waals surface area contributed by atoms with Gasteiger partial charge in [0.1, 0.15) is 37.2 Å². The van der Waals surface area contributed by atoms with Crippen LogP contribution in [0.5, 0.6) is 0 Å². The Morgan fingerprint density at radius 2 is 0.575 bits per heavy atom. The van der Waals surface area contributed by atoms with E-state index in [1.54, 1.807) is 0 Å². The van der Waals surface area contributed by atoms with Crippen LogP contribution in [0.2, 0.25) is 0 Å². The first-order valence-corrected chi connectivity index (χ1v) is 18.0. The SMILES string of the molecule is CCc1[nH]cc[n+]1C.CCc1[nH]cc[n+]1C.CCc1[nH]cc[n+]1C.O=C(O)C(=O)O.O=C(O)C(=O)O.O=C(O)C(=O)O.O=C(O)C(F)C(F)(F)F.O=C(O)C(F)C(F)(F)F.O=C(O)C(F)C(F)(F)F.[O-]B([O-])[O-]. The zero-order chi connectivity index (χ0) is 60.0. The molecule has 3 aromatic rings. The van der Waals surface area contributed by atoms with Crippen LogP contribution in [0.15, 0.2) is 37.2 Å². The van der Waals surface area contributed by atoms with E-state index in [0.717, 1.165) is 19.3 Å². The standard InChI is InChI=1S/3C6H10N2.3C3H2F4O2.3C2H2O4.BO3/c3*1-3-6-7-4-5-8(6)2;3*4-1(2(8)9)3(5,6)7;3*3-1(4)2(5)6;2-1(3)4/h3*4-5H,3H2,1-2H3;3*1H,(H,8,9);3*(H,3,4)(H,5,6);/q;;;;;;;;;-3/p+3. The maximum Gasteiger partial charge on any atom is 0.430 e. The van der Waals surface area contributed by atoms with Crippen molar-refractivity contribution in [1.82, 2.24) is 15.0 Å². The van der Waals surface area contributed by atoms with Gasteiger partial charge in [0.25, 0.3) is 36.0 Å². The van der Waals surface area contributed by atoms with Crippen molar-refractivity contribution >= 4 is 61.0 Å². The summed E-state index contributed by atoms with van der Waals surface area (Å²) in [6, 6.07) is 0. The quantitative estimate of drug-likeness (QED) is 0.0532. The molecule has 3 heterocycles. The van der Waals surface area contributed by atoms with E-state index in [2.05, 4.69) is 49.4 Å². The molecule has 0 amide bonds. The molecule has 0 aliphatic rings. The van der Waals surface area contributed by atoms with Gasteiger partial charge in [-0.05, 0) is 0 Å². The Morgan fingerprint density at radius 1 is 0.438 bits per heavy atom. The van der Waals surface area contributed by atoms with Gasteiger partial charge in [0.2, 0.25) is 0 Å². The van der Waals surface area contributed by atoms with E-state index < -0.39 is 98.1 Å². The highest BCUT2D eigenvalue weighted by molar-refractivity contribution is 6.28. The molecule has 3 rings (SSSR count). The maximum absolute atomic E-state index is 11.3. The Balaban J connectivity index is -0.000000134. The molecule has 3 atom stereocenters. The minimum atomic E-state index is -5.29. The molecule has 0 saturated carbocycles. The van der Waals surface area contributed by atoms with Gasteiger partial charge in [0.15, 0.2) is 0 Å². The van der Waals surface area contributed by atoms with Crippen LogP contribution in [-0.2, 0) is 83.6 Å². The fraction of sp³-hybridized carbons (Fsp3) is 0.455. The summed E-state index contributed by atoms with van der Waals surface area (Å²) in [4.78, 5) is 91.7. The number of H-pyrrole nitrogens is 3. The number of aromatic nitrogens is 6. The first kappa shape index (κ1) is 79.1. The van der Waals surface area contributed by atoms with E-state index in [9.17, 15) is 67.1 Å². The number of aryl methyl sites for hydroxylation is 6. The lowest BCUT2D eigenvalue weighted by Gasteiger charge is -2.35. The van der Waals surface area contributed by atoms with Crippen LogP contribution in [0.1, 0.15) is 38.2 Å². The summed E-state index contributed by atoms with van der Waals surface area (Å²) in [6.07, 6.45) is -12.1. The topological polar surface area (TPSA) is 464 Å². The normalized spacial score (nSPS) is 11.0. The van der Waals surface area contributed by atoms with Crippen molar-refractivity contribution < 1.29 is 171 Å². The molecule has 0 aliphatic carbocycles. The molecule has 0 bridgehead atoms. The Kier molecular flexibility index (Phi) is 44.1. The molecule has 0 saturated heterocycles. The van der Waals surface area contributed by atoms with Crippen molar-refractivity contribution in [1.29, 1.82) is 0 Å². The number of halogens is 12. The fourth-order valence-corrected chi connectivity index (χ4v) is 2.79. The number of carboxylic acid groups (broad SMARTS) is 9. The first-order chi connectivity index (χ1) is 32.8. The molecule has 3 aromatic heterocycles. The van der Waals surface area contributed by atoms with Gasteiger partial charge in [-0.25, -0.2) is 85.0 Å². The number of carboxylic acids is 9. The number of nitrogens with zero attached hydrogens (tertiary/aromatic N) is 3. The van der Waals surface area contributed by atoms with Gasteiger partial charge in [-0.1, -0.05) is 20.8 Å². The van der Waals surface area contributed by atoms with Crippen LogP contribution >= 0.6 is 0 Å². The van der Waals surface area contributed by atoms with Crippen LogP contribution in [0.3, 0.4) is 0 Å². The van der Waals surface area contributed by atoms with Crippen LogP contribution in [-0.4, -0.2) is 159 Å². The predicted molar refractivity (Wildman–Crippen MR) is 201 cm³/mol. The van der Waals surface area contributed by atoms with E-state index >= 15 is 0 Å². The van der Waals surface area contributed by atoms with Gasteiger partial charge in [0, 0.05) is 19.3 Å². The summed E-state index contributed by atoms with van der Waals surface area (Å²) >= 11 is 0. The van der Waals surface area contributed by atoms with Crippen molar-refractivity contribution in [2.45, 2.75) is 77.1 Å². The molecule has 0 aromatic carbocycles. The van der Waals surface area contributed by atoms with Crippen molar-refractivity contribution in [3.63, 3.8) is 0 Å². The lowest BCUT2D eigenvalue weighted by Crippen LogP contribution is -2.56. The molecule has 0 aliphatic heterocycles. The molecule has 420 valence electrons. The zero-order valence-electron chi connectivity index (χ0n) is 37.7. The highest BCUT2D eigenvalue weighted by atomic mass is 19.4. The number of rotatable bonds is 6. The molecule has 27 nitrogen and oxygen atoms in total. The summed E-state index contributed by atoms with van der Waals surface area (Å²) < 4.78 is 139. The summed E-state index contributed by atoms with van der Waals surface area (Å²) in [5.74, 6) is -14.7. The second kappa shape index (κ2) is 40.7. The van der Waals surface area contributed by atoms with Crippen molar-refractivity contribution in [2.75, 3.05) is 0 Å². The fourth-order valence-electron chi connectivity index (χ4n) is 2.79. The molecular weight excluding hydrogens is 1060 g/mol. The number of hydrogen-bond donors (Lipinski definition) is 12. The van der Waals surface area contributed by atoms with Crippen LogP contribution in [0.4, 0.5) is 52.7 Å². The highest BCUT2D eigenvalue weighted by Gasteiger charge is 2.47. The van der Waals surface area contributed by atoms with Gasteiger partial charge in [-0.2, -0.15) is 39.5 Å². The van der Waals surface area contributed by atoms with Crippen LogP contribution in [0, 0.1) is 0 Å². The lowest BCUT2D eigenvalue weighted by molar-refractivity contribution is -0.677. The van der Waals surface area contributed by atoms with Crippen molar-refractivity contribution in [2.24, 2.45) is 21.1 Å². The zero-order valence-corrected chi connectivity index (χ0v) is 37.7. The molecule has 73 heavy (non-hydrogen) atoms. The minimum Gasteiger partial charge on any atom is -0.907 e. The number of alkyl halides is 12. The molecule has 40 heteroatoms. The average Bonchev–Trinajstić information content (AvgIpc) is 4.00. The molecule has 0 spiro atoms. The highest BCUT2D eigenvalue weighted by Crippen LogP contribution is 2.24. The number of imidazole rings is 3. The third-order valence-electron chi connectivity index (χ3n) is 5.99. The smallest absolute Gasteiger partial charge is 0.430 e. The number of nitrogens with one attached hydrogen (secondary N) is 3. The predicted octanol–water partition coefficient (Wildman–Crippen LogP) is -2.36. The molecule has 0 radical (unpaired) electrons. The Labute approximate surface area is 399 Å². The maximum atomic E-state index is 11.3. The van der Waals surface area contributed by atoms with Gasteiger partial charge >= 0.3 is 72.3 Å². The van der Waals surface area contributed by atoms with E-state index in [1.807, 2.05) is 58.3 Å². The van der Waals surface area contributed by atoms with Gasteiger partial charge < -0.3 is 61.0 Å². The number of aliphatic carboxylic acids is 9. The summed E-state index contributed by atoms with van der Waals surface area (Å²) in [7, 11) is 3.19. The number of hydrogen-bond acceptors (Lipinski definition) is 12. The summed E-state index contributed by atoms with van der Waals surface area (Å²) in [5, 5.41) is 91.9. The third-order valence-corrected chi connectivity index (χ3v) is 5.99. The molecule has 0 fully saturated rings.